The highest BCUT2D eigenvalue weighted by Crippen LogP contribution is 2.33. The van der Waals surface area contributed by atoms with Crippen LogP contribution in [0.25, 0.3) is 0 Å². The Labute approximate surface area is 234 Å². The van der Waals surface area contributed by atoms with E-state index in [1.807, 2.05) is 0 Å². The lowest BCUT2D eigenvalue weighted by molar-refractivity contribution is -0.140. The van der Waals surface area contributed by atoms with Crippen molar-refractivity contribution in [1.29, 1.82) is 0 Å². The zero-order chi connectivity index (χ0) is 29.6. The molecule has 218 valence electrons. The van der Waals surface area contributed by atoms with Crippen LogP contribution in [0.3, 0.4) is 0 Å². The van der Waals surface area contributed by atoms with Crippen LogP contribution in [-0.4, -0.2) is 30.8 Å². The molecule has 4 nitrogen and oxygen atoms in total. The number of hydrogen-bond acceptors (Lipinski definition) is 3. The summed E-state index contributed by atoms with van der Waals surface area (Å²) < 4.78 is 80.1. The molecule has 3 aromatic carbocycles. The predicted molar refractivity (Wildman–Crippen MR) is 142 cm³/mol. The molecule has 0 radical (unpaired) electrons. The van der Waals surface area contributed by atoms with E-state index in [1.54, 1.807) is 24.3 Å². The summed E-state index contributed by atoms with van der Waals surface area (Å²) in [4.78, 5) is 26.1. The van der Waals surface area contributed by atoms with Gasteiger partial charge in [0.2, 0.25) is 0 Å². The van der Waals surface area contributed by atoms with Crippen LogP contribution in [0, 0.1) is 23.4 Å². The number of nitrogens with one attached hydrogen (secondary N) is 2. The zero-order valence-electron chi connectivity index (χ0n) is 22.1. The third-order valence-corrected chi connectivity index (χ3v) is 7.45. The number of alkyl halides is 3. The lowest BCUT2D eigenvalue weighted by Crippen LogP contribution is -2.46. The second-order valence-corrected chi connectivity index (χ2v) is 10.3. The van der Waals surface area contributed by atoms with Gasteiger partial charge in [-0.1, -0.05) is 30.7 Å². The van der Waals surface area contributed by atoms with E-state index in [9.17, 15) is 35.9 Å². The molecule has 3 aromatic rings. The number of benzene rings is 3. The number of halogens is 6. The van der Waals surface area contributed by atoms with Crippen LogP contribution in [0.5, 0.6) is 0 Å². The Bertz CT molecular complexity index is 1290. The Morgan fingerprint density at radius 1 is 0.878 bits per heavy atom. The minimum absolute atomic E-state index is 0.123. The first kappa shape index (κ1) is 30.3. The van der Waals surface area contributed by atoms with Crippen LogP contribution < -0.4 is 10.6 Å². The SMILES string of the molecule is O=C(NC(C(=O)CCCCC(c1ccc(F)cc1)c1ccc(F)cc1)C1CCNC1)c1ccc(F)c(C(F)(F)F)c1. The largest absolute Gasteiger partial charge is 0.419 e. The molecule has 1 aliphatic heterocycles. The normalized spacial score (nSPS) is 16.1. The van der Waals surface area contributed by atoms with Gasteiger partial charge in [-0.2, -0.15) is 13.2 Å². The fraction of sp³-hybridized carbons (Fsp3) is 0.355. The van der Waals surface area contributed by atoms with Gasteiger partial charge in [0.15, 0.2) is 5.78 Å². The van der Waals surface area contributed by atoms with E-state index in [2.05, 4.69) is 10.6 Å². The third-order valence-electron chi connectivity index (χ3n) is 7.45. The van der Waals surface area contributed by atoms with Crippen molar-refractivity contribution in [1.82, 2.24) is 10.6 Å². The van der Waals surface area contributed by atoms with E-state index in [4.69, 9.17) is 0 Å². The summed E-state index contributed by atoms with van der Waals surface area (Å²) in [6.45, 7) is 1.10. The topological polar surface area (TPSA) is 58.2 Å². The second-order valence-electron chi connectivity index (χ2n) is 10.3. The first-order valence-electron chi connectivity index (χ1n) is 13.4. The van der Waals surface area contributed by atoms with Crippen molar-refractivity contribution in [2.75, 3.05) is 13.1 Å². The first-order valence-corrected chi connectivity index (χ1v) is 13.4. The maximum atomic E-state index is 13.7. The molecule has 2 N–H and O–H groups in total. The molecule has 0 aromatic heterocycles. The number of amides is 1. The van der Waals surface area contributed by atoms with Crippen molar-refractivity contribution in [3.8, 4) is 0 Å². The minimum atomic E-state index is -4.97. The molecule has 0 aliphatic carbocycles. The van der Waals surface area contributed by atoms with E-state index in [-0.39, 0.29) is 41.2 Å². The van der Waals surface area contributed by atoms with Crippen LogP contribution in [0.1, 0.15) is 65.1 Å². The van der Waals surface area contributed by atoms with Crippen molar-refractivity contribution in [2.24, 2.45) is 5.92 Å². The number of hydrogen-bond donors (Lipinski definition) is 2. The lowest BCUT2D eigenvalue weighted by Gasteiger charge is -2.24. The minimum Gasteiger partial charge on any atom is -0.342 e. The fourth-order valence-corrected chi connectivity index (χ4v) is 5.25. The van der Waals surface area contributed by atoms with Crippen molar-refractivity contribution in [2.45, 2.75) is 50.2 Å². The predicted octanol–water partition coefficient (Wildman–Crippen LogP) is 6.79. The Kier molecular flexibility index (Phi) is 9.86. The van der Waals surface area contributed by atoms with Crippen LogP contribution in [0.2, 0.25) is 0 Å². The quantitative estimate of drug-likeness (QED) is 0.195. The van der Waals surface area contributed by atoms with E-state index < -0.39 is 29.5 Å². The van der Waals surface area contributed by atoms with Crippen LogP contribution >= 0.6 is 0 Å². The van der Waals surface area contributed by atoms with Crippen molar-refractivity contribution in [3.63, 3.8) is 0 Å². The van der Waals surface area contributed by atoms with Gasteiger partial charge >= 0.3 is 6.18 Å². The molecule has 1 fully saturated rings. The van der Waals surface area contributed by atoms with E-state index >= 15 is 0 Å². The number of ketones is 1. The smallest absolute Gasteiger partial charge is 0.342 e. The van der Waals surface area contributed by atoms with Crippen molar-refractivity contribution >= 4 is 11.7 Å². The molecule has 41 heavy (non-hydrogen) atoms. The van der Waals surface area contributed by atoms with E-state index in [1.165, 1.54) is 24.3 Å². The summed E-state index contributed by atoms with van der Waals surface area (Å²) in [5.74, 6) is -3.74. The lowest BCUT2D eigenvalue weighted by atomic mass is 9.86. The van der Waals surface area contributed by atoms with Crippen LogP contribution in [0.4, 0.5) is 26.3 Å². The Morgan fingerprint density at radius 2 is 1.49 bits per heavy atom. The van der Waals surface area contributed by atoms with Gasteiger partial charge in [0.1, 0.15) is 17.5 Å². The van der Waals surface area contributed by atoms with Gasteiger partial charge in [-0.25, -0.2) is 13.2 Å². The molecule has 1 aliphatic rings. The second kappa shape index (κ2) is 13.3. The molecule has 1 heterocycles. The van der Waals surface area contributed by atoms with E-state index in [0.29, 0.717) is 50.9 Å². The summed E-state index contributed by atoms with van der Waals surface area (Å²) in [6, 6.07) is 13.2. The molecule has 2 unspecified atom stereocenters. The van der Waals surface area contributed by atoms with Gasteiger partial charge in [0.05, 0.1) is 11.6 Å². The highest BCUT2D eigenvalue weighted by atomic mass is 19.4. The number of carbonyl (C=O) groups is 2. The summed E-state index contributed by atoms with van der Waals surface area (Å²) in [5, 5.41) is 5.72. The van der Waals surface area contributed by atoms with Gasteiger partial charge in [-0.05, 0) is 85.3 Å². The summed E-state index contributed by atoms with van der Waals surface area (Å²) in [7, 11) is 0. The Balaban J connectivity index is 1.41. The third kappa shape index (κ3) is 7.97. The summed E-state index contributed by atoms with van der Waals surface area (Å²) in [5.41, 5.74) is -0.232. The highest BCUT2D eigenvalue weighted by molar-refractivity contribution is 5.98. The molecule has 0 bridgehead atoms. The molecular formula is C31H30F6N2O2. The van der Waals surface area contributed by atoms with Gasteiger partial charge in [0, 0.05) is 24.4 Å². The average Bonchev–Trinajstić information content (AvgIpc) is 3.47. The summed E-state index contributed by atoms with van der Waals surface area (Å²) >= 11 is 0. The molecule has 1 amide bonds. The zero-order valence-corrected chi connectivity index (χ0v) is 22.1. The first-order chi connectivity index (χ1) is 19.5. The maximum Gasteiger partial charge on any atom is 0.419 e. The number of carbonyl (C=O) groups excluding carboxylic acids is 2. The molecular weight excluding hydrogens is 546 g/mol. The van der Waals surface area contributed by atoms with Gasteiger partial charge < -0.3 is 10.6 Å². The molecule has 1 saturated heterocycles. The highest BCUT2D eigenvalue weighted by Gasteiger charge is 2.36. The number of unbranched alkanes of at least 4 members (excludes halogenated alkanes) is 1. The maximum absolute atomic E-state index is 13.7. The Morgan fingerprint density at radius 3 is 2.02 bits per heavy atom. The molecule has 4 rings (SSSR count). The molecule has 2 atom stereocenters. The number of Topliss-reactive ketones (excluding diaryl/α,β-unsaturated/α-hetero) is 1. The number of rotatable bonds is 11. The van der Waals surface area contributed by atoms with Crippen LogP contribution in [0.15, 0.2) is 66.7 Å². The monoisotopic (exact) mass is 576 g/mol. The molecule has 10 heteroatoms. The van der Waals surface area contributed by atoms with Gasteiger partial charge in [0.25, 0.3) is 5.91 Å². The summed E-state index contributed by atoms with van der Waals surface area (Å²) in [6.07, 6.45) is -2.57. The standard InChI is InChI=1S/C31H30F6N2O2/c32-23-10-5-19(6-11-23)25(20-7-12-24(33)13-8-20)3-1-2-4-28(40)29(22-15-16-38-18-22)39-30(41)21-9-14-27(34)26(17-21)31(35,36)37/h5-14,17,22,25,29,38H,1-4,15-16,18H2,(H,39,41). The van der Waals surface area contributed by atoms with Crippen molar-refractivity contribution in [3.05, 3.63) is 106 Å². The Hall–Kier alpha value is -3.66. The fourth-order valence-electron chi connectivity index (χ4n) is 5.25. The van der Waals surface area contributed by atoms with Crippen molar-refractivity contribution < 1.29 is 35.9 Å². The van der Waals surface area contributed by atoms with Crippen LogP contribution in [-0.2, 0) is 11.0 Å². The van der Waals surface area contributed by atoms with Gasteiger partial charge in [-0.15, -0.1) is 0 Å². The average molecular weight is 577 g/mol. The molecule has 0 spiro atoms. The van der Waals surface area contributed by atoms with Gasteiger partial charge in [-0.3, -0.25) is 9.59 Å². The molecule has 0 saturated carbocycles. The van der Waals surface area contributed by atoms with E-state index in [0.717, 1.165) is 17.2 Å².